The summed E-state index contributed by atoms with van der Waals surface area (Å²) in [4.78, 5) is 18.8. The zero-order chi connectivity index (χ0) is 16.2. The van der Waals surface area contributed by atoms with Crippen LogP contribution in [0.4, 0.5) is 0 Å². The van der Waals surface area contributed by atoms with Crippen LogP contribution in [0.3, 0.4) is 0 Å². The van der Waals surface area contributed by atoms with Crippen molar-refractivity contribution in [1.29, 1.82) is 0 Å². The molecule has 0 radical (unpaired) electrons. The molecule has 2 saturated heterocycles. The van der Waals surface area contributed by atoms with Crippen LogP contribution in [0.2, 0.25) is 0 Å². The number of aryl methyl sites for hydroxylation is 2. The lowest BCUT2D eigenvalue weighted by Crippen LogP contribution is -2.40. The maximum atomic E-state index is 12.0. The van der Waals surface area contributed by atoms with E-state index in [0.29, 0.717) is 12.5 Å². The number of ether oxygens (including phenoxy) is 1. The fourth-order valence-corrected chi connectivity index (χ4v) is 3.28. The predicted octanol–water partition coefficient (Wildman–Crippen LogP) is 1.66. The SMILES string of the molecule is Cc1nc(CN2CCC(CNC(=O)[C@@H]3CCOC3)CC2)oc1C. The number of rotatable bonds is 5. The molecule has 1 amide bonds. The van der Waals surface area contributed by atoms with Gasteiger partial charge in [-0.15, -0.1) is 0 Å². The van der Waals surface area contributed by atoms with Gasteiger partial charge in [0.15, 0.2) is 0 Å². The molecule has 1 aromatic heterocycles. The Morgan fingerprint density at radius 3 is 2.70 bits per heavy atom. The maximum absolute atomic E-state index is 12.0. The molecule has 3 heterocycles. The molecule has 6 nitrogen and oxygen atoms in total. The van der Waals surface area contributed by atoms with Crippen LogP contribution in [0.1, 0.15) is 36.6 Å². The summed E-state index contributed by atoms with van der Waals surface area (Å²) in [6.07, 6.45) is 3.08. The molecule has 0 unspecified atom stereocenters. The Labute approximate surface area is 137 Å². The highest BCUT2D eigenvalue weighted by molar-refractivity contribution is 5.78. The Balaban J connectivity index is 1.37. The van der Waals surface area contributed by atoms with Gasteiger partial charge in [-0.05, 0) is 52.1 Å². The highest BCUT2D eigenvalue weighted by atomic mass is 16.5. The first-order valence-corrected chi connectivity index (χ1v) is 8.62. The van der Waals surface area contributed by atoms with E-state index >= 15 is 0 Å². The average Bonchev–Trinajstić information content (AvgIpc) is 3.17. The number of oxazole rings is 1. The van der Waals surface area contributed by atoms with E-state index in [-0.39, 0.29) is 11.8 Å². The molecule has 0 spiro atoms. The van der Waals surface area contributed by atoms with Gasteiger partial charge in [0.1, 0.15) is 5.76 Å². The van der Waals surface area contributed by atoms with E-state index < -0.39 is 0 Å². The van der Waals surface area contributed by atoms with E-state index in [1.807, 2.05) is 13.8 Å². The standard InChI is InChI=1S/C17H27N3O3/c1-12-13(2)23-16(19-12)10-20-6-3-14(4-7-20)9-18-17(21)15-5-8-22-11-15/h14-15H,3-11H2,1-2H3,(H,18,21)/t15-/m1/s1. The number of nitrogens with one attached hydrogen (secondary N) is 1. The predicted molar refractivity (Wildman–Crippen MR) is 85.9 cm³/mol. The van der Waals surface area contributed by atoms with Gasteiger partial charge in [-0.3, -0.25) is 9.69 Å². The molecule has 128 valence electrons. The lowest BCUT2D eigenvalue weighted by Gasteiger charge is -2.31. The highest BCUT2D eigenvalue weighted by Gasteiger charge is 2.25. The zero-order valence-electron chi connectivity index (χ0n) is 14.1. The Hall–Kier alpha value is -1.40. The third kappa shape index (κ3) is 4.32. The second kappa shape index (κ2) is 7.45. The van der Waals surface area contributed by atoms with Crippen LogP contribution in [0.15, 0.2) is 4.42 Å². The van der Waals surface area contributed by atoms with Crippen LogP contribution < -0.4 is 5.32 Å². The average molecular weight is 321 g/mol. The first-order chi connectivity index (χ1) is 11.1. The summed E-state index contributed by atoms with van der Waals surface area (Å²) in [5, 5.41) is 3.10. The summed E-state index contributed by atoms with van der Waals surface area (Å²) >= 11 is 0. The summed E-state index contributed by atoms with van der Waals surface area (Å²) < 4.78 is 10.9. The summed E-state index contributed by atoms with van der Waals surface area (Å²) in [6, 6.07) is 0. The molecule has 0 bridgehead atoms. The Morgan fingerprint density at radius 2 is 2.09 bits per heavy atom. The molecule has 1 N–H and O–H groups in total. The lowest BCUT2D eigenvalue weighted by atomic mass is 9.96. The van der Waals surface area contributed by atoms with Crippen molar-refractivity contribution in [1.82, 2.24) is 15.2 Å². The van der Waals surface area contributed by atoms with Crippen LogP contribution in [0.5, 0.6) is 0 Å². The number of amides is 1. The zero-order valence-corrected chi connectivity index (χ0v) is 14.1. The molecule has 0 aromatic carbocycles. The Kier molecular flexibility index (Phi) is 5.33. The van der Waals surface area contributed by atoms with Crippen LogP contribution in [-0.4, -0.2) is 48.6 Å². The van der Waals surface area contributed by atoms with Crippen LogP contribution in [-0.2, 0) is 16.1 Å². The minimum Gasteiger partial charge on any atom is -0.444 e. The van der Waals surface area contributed by atoms with Crippen molar-refractivity contribution < 1.29 is 13.9 Å². The monoisotopic (exact) mass is 321 g/mol. The number of carbonyl (C=O) groups is 1. The lowest BCUT2D eigenvalue weighted by molar-refractivity contribution is -0.125. The van der Waals surface area contributed by atoms with E-state index in [1.165, 1.54) is 0 Å². The van der Waals surface area contributed by atoms with E-state index in [0.717, 1.165) is 69.4 Å². The van der Waals surface area contributed by atoms with Crippen LogP contribution >= 0.6 is 0 Å². The molecule has 2 aliphatic heterocycles. The molecule has 0 aliphatic carbocycles. The molecule has 1 aromatic rings. The van der Waals surface area contributed by atoms with Crippen LogP contribution in [0, 0.1) is 25.7 Å². The quantitative estimate of drug-likeness (QED) is 0.893. The fourth-order valence-electron chi connectivity index (χ4n) is 3.28. The van der Waals surface area contributed by atoms with Crippen molar-refractivity contribution in [3.05, 3.63) is 17.3 Å². The van der Waals surface area contributed by atoms with E-state index in [1.54, 1.807) is 0 Å². The van der Waals surface area contributed by atoms with Gasteiger partial charge in [0.25, 0.3) is 0 Å². The molecule has 6 heteroatoms. The van der Waals surface area contributed by atoms with Crippen LogP contribution in [0.25, 0.3) is 0 Å². The first kappa shape index (κ1) is 16.5. The first-order valence-electron chi connectivity index (χ1n) is 8.62. The smallest absolute Gasteiger partial charge is 0.225 e. The normalized spacial score (nSPS) is 23.3. The summed E-state index contributed by atoms with van der Waals surface area (Å²) in [5.41, 5.74) is 0.980. The topological polar surface area (TPSA) is 67.6 Å². The van der Waals surface area contributed by atoms with E-state index in [2.05, 4.69) is 15.2 Å². The third-order valence-electron chi connectivity index (χ3n) is 5.00. The van der Waals surface area contributed by atoms with Gasteiger partial charge in [-0.25, -0.2) is 4.98 Å². The van der Waals surface area contributed by atoms with Gasteiger partial charge in [-0.2, -0.15) is 0 Å². The van der Waals surface area contributed by atoms with Gasteiger partial charge in [0.05, 0.1) is 24.8 Å². The number of hydrogen-bond donors (Lipinski definition) is 1. The van der Waals surface area contributed by atoms with E-state index in [4.69, 9.17) is 9.15 Å². The molecular formula is C17H27N3O3. The number of piperidine rings is 1. The minimum absolute atomic E-state index is 0.0617. The molecule has 2 fully saturated rings. The van der Waals surface area contributed by atoms with Crippen molar-refractivity contribution in [3.8, 4) is 0 Å². The number of carbonyl (C=O) groups excluding carboxylic acids is 1. The summed E-state index contributed by atoms with van der Waals surface area (Å²) in [7, 11) is 0. The summed E-state index contributed by atoms with van der Waals surface area (Å²) in [5.74, 6) is 2.52. The van der Waals surface area contributed by atoms with Gasteiger partial charge in [-0.1, -0.05) is 0 Å². The molecule has 23 heavy (non-hydrogen) atoms. The Morgan fingerprint density at radius 1 is 1.30 bits per heavy atom. The number of hydrogen-bond acceptors (Lipinski definition) is 5. The van der Waals surface area contributed by atoms with Gasteiger partial charge in [0, 0.05) is 13.2 Å². The second-order valence-corrected chi connectivity index (χ2v) is 6.77. The van der Waals surface area contributed by atoms with Crippen molar-refractivity contribution in [2.75, 3.05) is 32.8 Å². The van der Waals surface area contributed by atoms with Gasteiger partial charge in [0.2, 0.25) is 11.8 Å². The molecule has 0 saturated carbocycles. The number of likely N-dealkylation sites (tertiary alicyclic amines) is 1. The third-order valence-corrected chi connectivity index (χ3v) is 5.00. The largest absolute Gasteiger partial charge is 0.444 e. The molecule has 3 rings (SSSR count). The maximum Gasteiger partial charge on any atom is 0.225 e. The van der Waals surface area contributed by atoms with Gasteiger partial charge < -0.3 is 14.5 Å². The Bertz CT molecular complexity index is 510. The highest BCUT2D eigenvalue weighted by Crippen LogP contribution is 2.20. The minimum atomic E-state index is 0.0617. The summed E-state index contributed by atoms with van der Waals surface area (Å²) in [6.45, 7) is 8.88. The molecule has 1 atom stereocenters. The van der Waals surface area contributed by atoms with Gasteiger partial charge >= 0.3 is 0 Å². The second-order valence-electron chi connectivity index (χ2n) is 6.77. The van der Waals surface area contributed by atoms with Crippen molar-refractivity contribution in [3.63, 3.8) is 0 Å². The number of nitrogens with zero attached hydrogens (tertiary/aromatic N) is 2. The van der Waals surface area contributed by atoms with Crippen molar-refractivity contribution in [2.24, 2.45) is 11.8 Å². The number of aromatic nitrogens is 1. The van der Waals surface area contributed by atoms with Crippen molar-refractivity contribution >= 4 is 5.91 Å². The van der Waals surface area contributed by atoms with Crippen molar-refractivity contribution in [2.45, 2.75) is 39.7 Å². The molecule has 2 aliphatic rings. The van der Waals surface area contributed by atoms with E-state index in [9.17, 15) is 4.79 Å². The fraction of sp³-hybridized carbons (Fsp3) is 0.765. The molecular weight excluding hydrogens is 294 g/mol.